The third-order valence-electron chi connectivity index (χ3n) is 2.70. The van der Waals surface area contributed by atoms with Crippen LogP contribution in [0.25, 0.3) is 0 Å². The second-order valence-corrected chi connectivity index (χ2v) is 4.20. The van der Waals surface area contributed by atoms with E-state index in [0.29, 0.717) is 6.42 Å². The van der Waals surface area contributed by atoms with E-state index in [1.54, 1.807) is 0 Å². The van der Waals surface area contributed by atoms with Crippen molar-refractivity contribution in [3.63, 3.8) is 0 Å². The third kappa shape index (κ3) is 3.35. The van der Waals surface area contributed by atoms with Gasteiger partial charge < -0.3 is 10.0 Å². The highest BCUT2D eigenvalue weighted by molar-refractivity contribution is 5.66. The van der Waals surface area contributed by atoms with E-state index < -0.39 is 5.97 Å². The second-order valence-electron chi connectivity index (χ2n) is 4.20. The standard InChI is InChI=1S/C10H19NO2/c1-3-9-6-11(7-9)5-8(2)4-10(12)13/h8-9H,3-7H2,1-2H3,(H,12,13). The Morgan fingerprint density at radius 2 is 2.23 bits per heavy atom. The molecule has 0 aromatic carbocycles. The van der Waals surface area contributed by atoms with Gasteiger partial charge in [-0.2, -0.15) is 0 Å². The van der Waals surface area contributed by atoms with Gasteiger partial charge in [-0.05, 0) is 11.8 Å². The molecular formula is C10H19NO2. The molecule has 1 saturated heterocycles. The Hall–Kier alpha value is -0.570. The van der Waals surface area contributed by atoms with Crippen molar-refractivity contribution in [1.82, 2.24) is 4.90 Å². The Morgan fingerprint density at radius 1 is 1.62 bits per heavy atom. The molecule has 0 aromatic heterocycles. The van der Waals surface area contributed by atoms with Gasteiger partial charge in [0.15, 0.2) is 0 Å². The predicted octanol–water partition coefficient (Wildman–Crippen LogP) is 1.44. The maximum Gasteiger partial charge on any atom is 0.303 e. The van der Waals surface area contributed by atoms with Crippen molar-refractivity contribution < 1.29 is 9.90 Å². The summed E-state index contributed by atoms with van der Waals surface area (Å²) < 4.78 is 0. The van der Waals surface area contributed by atoms with Crippen molar-refractivity contribution in [3.05, 3.63) is 0 Å². The summed E-state index contributed by atoms with van der Waals surface area (Å²) in [4.78, 5) is 12.7. The molecule has 0 saturated carbocycles. The second kappa shape index (κ2) is 4.61. The highest BCUT2D eigenvalue weighted by Crippen LogP contribution is 2.20. The van der Waals surface area contributed by atoms with Gasteiger partial charge in [0.25, 0.3) is 0 Å². The largest absolute Gasteiger partial charge is 0.481 e. The summed E-state index contributed by atoms with van der Waals surface area (Å²) in [5, 5.41) is 8.57. The summed E-state index contributed by atoms with van der Waals surface area (Å²) in [5.74, 6) is 0.465. The van der Waals surface area contributed by atoms with Crippen molar-refractivity contribution in [1.29, 1.82) is 0 Å². The first-order valence-corrected chi connectivity index (χ1v) is 5.06. The molecule has 76 valence electrons. The molecule has 1 fully saturated rings. The molecule has 0 aromatic rings. The maximum atomic E-state index is 10.4. The number of nitrogens with zero attached hydrogens (tertiary/aromatic N) is 1. The van der Waals surface area contributed by atoms with Gasteiger partial charge in [-0.15, -0.1) is 0 Å². The molecule has 0 radical (unpaired) electrons. The Labute approximate surface area is 79.7 Å². The monoisotopic (exact) mass is 185 g/mol. The zero-order valence-electron chi connectivity index (χ0n) is 8.49. The predicted molar refractivity (Wildman–Crippen MR) is 51.6 cm³/mol. The molecular weight excluding hydrogens is 166 g/mol. The van der Waals surface area contributed by atoms with Crippen LogP contribution >= 0.6 is 0 Å². The van der Waals surface area contributed by atoms with Gasteiger partial charge in [-0.3, -0.25) is 4.79 Å². The van der Waals surface area contributed by atoms with Gasteiger partial charge in [-0.1, -0.05) is 20.3 Å². The molecule has 1 rings (SSSR count). The van der Waals surface area contributed by atoms with Crippen molar-refractivity contribution in [2.24, 2.45) is 11.8 Å². The zero-order chi connectivity index (χ0) is 9.84. The highest BCUT2D eigenvalue weighted by atomic mass is 16.4. The van der Waals surface area contributed by atoms with Crippen molar-refractivity contribution in [3.8, 4) is 0 Å². The summed E-state index contributed by atoms with van der Waals surface area (Å²) in [6, 6.07) is 0. The molecule has 1 N–H and O–H groups in total. The van der Waals surface area contributed by atoms with Crippen LogP contribution in [0, 0.1) is 11.8 Å². The zero-order valence-corrected chi connectivity index (χ0v) is 8.49. The fourth-order valence-electron chi connectivity index (χ4n) is 1.89. The molecule has 1 aliphatic rings. The summed E-state index contributed by atoms with van der Waals surface area (Å²) in [5.41, 5.74) is 0. The number of likely N-dealkylation sites (tertiary alicyclic amines) is 1. The SMILES string of the molecule is CCC1CN(CC(C)CC(=O)O)C1. The highest BCUT2D eigenvalue weighted by Gasteiger charge is 2.26. The molecule has 3 nitrogen and oxygen atoms in total. The fraction of sp³-hybridized carbons (Fsp3) is 0.900. The average Bonchev–Trinajstić information content (AvgIpc) is 1.94. The van der Waals surface area contributed by atoms with Crippen LogP contribution in [0.2, 0.25) is 0 Å². The van der Waals surface area contributed by atoms with E-state index in [4.69, 9.17) is 5.11 Å². The number of aliphatic carboxylic acids is 1. The van der Waals surface area contributed by atoms with Gasteiger partial charge in [0, 0.05) is 26.1 Å². The first-order chi connectivity index (χ1) is 6.11. The van der Waals surface area contributed by atoms with Gasteiger partial charge in [-0.25, -0.2) is 0 Å². The Kier molecular flexibility index (Phi) is 3.72. The minimum absolute atomic E-state index is 0.287. The van der Waals surface area contributed by atoms with Crippen LogP contribution in [0.15, 0.2) is 0 Å². The van der Waals surface area contributed by atoms with E-state index in [2.05, 4.69) is 11.8 Å². The molecule has 1 atom stereocenters. The Bertz CT molecular complexity index is 176. The first-order valence-electron chi connectivity index (χ1n) is 5.06. The maximum absolute atomic E-state index is 10.4. The molecule has 0 aliphatic carbocycles. The lowest BCUT2D eigenvalue weighted by molar-refractivity contribution is -0.138. The van der Waals surface area contributed by atoms with Crippen LogP contribution in [0.5, 0.6) is 0 Å². The van der Waals surface area contributed by atoms with E-state index in [1.807, 2.05) is 6.92 Å². The summed E-state index contributed by atoms with van der Waals surface area (Å²) in [7, 11) is 0. The minimum Gasteiger partial charge on any atom is -0.481 e. The normalized spacial score (nSPS) is 21.1. The lowest BCUT2D eigenvalue weighted by Gasteiger charge is -2.40. The topological polar surface area (TPSA) is 40.5 Å². The summed E-state index contributed by atoms with van der Waals surface area (Å²) >= 11 is 0. The van der Waals surface area contributed by atoms with Gasteiger partial charge in [0.05, 0.1) is 0 Å². The minimum atomic E-state index is -0.680. The smallest absolute Gasteiger partial charge is 0.303 e. The molecule has 3 heteroatoms. The summed E-state index contributed by atoms with van der Waals surface area (Å²) in [6.07, 6.45) is 1.55. The number of hydrogen-bond donors (Lipinski definition) is 1. The number of carbonyl (C=O) groups is 1. The van der Waals surface area contributed by atoms with Crippen LogP contribution in [0.1, 0.15) is 26.7 Å². The molecule has 1 aliphatic heterocycles. The van der Waals surface area contributed by atoms with E-state index in [-0.39, 0.29) is 5.92 Å². The van der Waals surface area contributed by atoms with Crippen LogP contribution in [0.3, 0.4) is 0 Å². The van der Waals surface area contributed by atoms with E-state index in [1.165, 1.54) is 19.5 Å². The van der Waals surface area contributed by atoms with Crippen molar-refractivity contribution >= 4 is 5.97 Å². The molecule has 1 unspecified atom stereocenters. The number of rotatable bonds is 5. The molecule has 0 amide bonds. The van der Waals surface area contributed by atoms with Crippen LogP contribution in [-0.2, 0) is 4.79 Å². The van der Waals surface area contributed by atoms with Crippen LogP contribution in [-0.4, -0.2) is 35.6 Å². The Balaban J connectivity index is 2.09. The van der Waals surface area contributed by atoms with Gasteiger partial charge in [0.2, 0.25) is 0 Å². The van der Waals surface area contributed by atoms with E-state index in [0.717, 1.165) is 12.5 Å². The molecule has 0 bridgehead atoms. The molecule has 13 heavy (non-hydrogen) atoms. The first kappa shape index (κ1) is 10.5. The number of carboxylic acid groups (broad SMARTS) is 1. The number of hydrogen-bond acceptors (Lipinski definition) is 2. The molecule has 1 heterocycles. The van der Waals surface area contributed by atoms with Crippen LogP contribution < -0.4 is 0 Å². The fourth-order valence-corrected chi connectivity index (χ4v) is 1.89. The Morgan fingerprint density at radius 3 is 2.69 bits per heavy atom. The summed E-state index contributed by atoms with van der Waals surface area (Å²) in [6.45, 7) is 7.50. The third-order valence-corrected chi connectivity index (χ3v) is 2.70. The van der Waals surface area contributed by atoms with E-state index >= 15 is 0 Å². The van der Waals surface area contributed by atoms with E-state index in [9.17, 15) is 4.79 Å². The van der Waals surface area contributed by atoms with Gasteiger partial charge >= 0.3 is 5.97 Å². The van der Waals surface area contributed by atoms with Crippen molar-refractivity contribution in [2.75, 3.05) is 19.6 Å². The van der Waals surface area contributed by atoms with Crippen molar-refractivity contribution in [2.45, 2.75) is 26.7 Å². The lowest BCUT2D eigenvalue weighted by atomic mass is 9.95. The van der Waals surface area contributed by atoms with Gasteiger partial charge in [0.1, 0.15) is 0 Å². The number of carboxylic acids is 1. The lowest BCUT2D eigenvalue weighted by Crippen LogP contribution is -2.48. The quantitative estimate of drug-likeness (QED) is 0.704. The average molecular weight is 185 g/mol. The van der Waals surface area contributed by atoms with Crippen LogP contribution in [0.4, 0.5) is 0 Å². The molecule has 0 spiro atoms.